The van der Waals surface area contributed by atoms with Crippen molar-refractivity contribution in [2.45, 2.75) is 18.2 Å². The van der Waals surface area contributed by atoms with Gasteiger partial charge in [0.05, 0.1) is 5.02 Å². The smallest absolute Gasteiger partial charge is 0.242 e. The minimum atomic E-state index is -3.55. The standard InChI is InChI=1S/C10H15ClN4O2S/c1-6-2-7(6)4-14-18(16,17)8-3-9(11)10(15-12)13-5-8/h3,5-7,14H,2,4,12H2,1H3,(H,13,15). The molecular weight excluding hydrogens is 276 g/mol. The van der Waals surface area contributed by atoms with Crippen LogP contribution in [0.4, 0.5) is 5.82 Å². The Morgan fingerprint density at radius 1 is 1.61 bits per heavy atom. The second-order valence-corrected chi connectivity index (χ2v) is 6.64. The number of anilines is 1. The van der Waals surface area contributed by atoms with E-state index in [2.05, 4.69) is 22.1 Å². The summed E-state index contributed by atoms with van der Waals surface area (Å²) in [6, 6.07) is 1.32. The molecule has 2 rings (SSSR count). The summed E-state index contributed by atoms with van der Waals surface area (Å²) in [7, 11) is -3.55. The third-order valence-corrected chi connectivity index (χ3v) is 4.75. The van der Waals surface area contributed by atoms with Crippen molar-refractivity contribution < 1.29 is 8.42 Å². The molecule has 1 heterocycles. The van der Waals surface area contributed by atoms with E-state index >= 15 is 0 Å². The Bertz CT molecular complexity index is 549. The summed E-state index contributed by atoms with van der Waals surface area (Å²) in [5.41, 5.74) is 2.28. The lowest BCUT2D eigenvalue weighted by Gasteiger charge is -2.08. The van der Waals surface area contributed by atoms with E-state index in [1.807, 2.05) is 0 Å². The molecule has 4 N–H and O–H groups in total. The molecule has 6 nitrogen and oxygen atoms in total. The van der Waals surface area contributed by atoms with E-state index < -0.39 is 10.0 Å². The van der Waals surface area contributed by atoms with Crippen LogP contribution >= 0.6 is 11.6 Å². The molecule has 0 radical (unpaired) electrons. The lowest BCUT2D eigenvalue weighted by Crippen LogP contribution is -2.26. The van der Waals surface area contributed by atoms with Crippen LogP contribution in [0.25, 0.3) is 0 Å². The number of nitrogens with one attached hydrogen (secondary N) is 2. The summed E-state index contributed by atoms with van der Waals surface area (Å²) in [6.07, 6.45) is 2.29. The second-order valence-electron chi connectivity index (χ2n) is 4.47. The number of nitrogens with zero attached hydrogens (tertiary/aromatic N) is 1. The number of halogens is 1. The Hall–Kier alpha value is -0.890. The van der Waals surface area contributed by atoms with Crippen molar-refractivity contribution in [3.8, 4) is 0 Å². The largest absolute Gasteiger partial charge is 0.307 e. The predicted octanol–water partition coefficient (Wildman–Crippen LogP) is 0.955. The summed E-state index contributed by atoms with van der Waals surface area (Å²) < 4.78 is 26.5. The van der Waals surface area contributed by atoms with E-state index in [0.29, 0.717) is 18.4 Å². The summed E-state index contributed by atoms with van der Waals surface area (Å²) >= 11 is 5.84. The molecule has 2 unspecified atom stereocenters. The maximum atomic E-state index is 12.0. The summed E-state index contributed by atoms with van der Waals surface area (Å²) in [5, 5.41) is 0.167. The van der Waals surface area contributed by atoms with E-state index in [-0.39, 0.29) is 15.7 Å². The average Bonchev–Trinajstić information content (AvgIpc) is 3.03. The third kappa shape index (κ3) is 2.92. The average molecular weight is 291 g/mol. The van der Waals surface area contributed by atoms with Crippen molar-refractivity contribution in [3.63, 3.8) is 0 Å². The third-order valence-electron chi connectivity index (χ3n) is 3.07. The number of pyridine rings is 1. The van der Waals surface area contributed by atoms with Crippen molar-refractivity contribution in [1.82, 2.24) is 9.71 Å². The van der Waals surface area contributed by atoms with Crippen LogP contribution in [0, 0.1) is 11.8 Å². The van der Waals surface area contributed by atoms with Gasteiger partial charge in [0.25, 0.3) is 0 Å². The molecule has 1 aliphatic carbocycles. The fourth-order valence-electron chi connectivity index (χ4n) is 1.66. The molecule has 0 spiro atoms. The van der Waals surface area contributed by atoms with Crippen LogP contribution in [0.3, 0.4) is 0 Å². The molecule has 1 fully saturated rings. The predicted molar refractivity (Wildman–Crippen MR) is 69.5 cm³/mol. The van der Waals surface area contributed by atoms with Gasteiger partial charge in [0.2, 0.25) is 10.0 Å². The lowest BCUT2D eigenvalue weighted by molar-refractivity contribution is 0.574. The minimum absolute atomic E-state index is 0.0415. The minimum Gasteiger partial charge on any atom is -0.307 e. The van der Waals surface area contributed by atoms with Gasteiger partial charge in [-0.15, -0.1) is 0 Å². The second kappa shape index (κ2) is 5.00. The SMILES string of the molecule is CC1CC1CNS(=O)(=O)c1cnc(NN)c(Cl)c1. The first-order valence-corrected chi connectivity index (χ1v) is 7.42. The molecule has 8 heteroatoms. The van der Waals surface area contributed by atoms with Gasteiger partial charge in [-0.2, -0.15) is 0 Å². The van der Waals surface area contributed by atoms with Crippen LogP contribution in [0.1, 0.15) is 13.3 Å². The molecule has 2 atom stereocenters. The van der Waals surface area contributed by atoms with Gasteiger partial charge < -0.3 is 5.43 Å². The van der Waals surface area contributed by atoms with Crippen LogP contribution in [0.5, 0.6) is 0 Å². The number of nitrogen functional groups attached to an aromatic ring is 1. The normalized spacial score (nSPS) is 22.8. The van der Waals surface area contributed by atoms with Crippen molar-refractivity contribution in [2.24, 2.45) is 17.7 Å². The Morgan fingerprint density at radius 2 is 2.28 bits per heavy atom. The molecule has 1 saturated carbocycles. The van der Waals surface area contributed by atoms with Gasteiger partial charge in [-0.1, -0.05) is 18.5 Å². The van der Waals surface area contributed by atoms with Crippen LogP contribution < -0.4 is 16.0 Å². The zero-order chi connectivity index (χ0) is 13.3. The summed E-state index contributed by atoms with van der Waals surface area (Å²) in [6.45, 7) is 2.55. The van der Waals surface area contributed by atoms with Crippen molar-refractivity contribution in [2.75, 3.05) is 12.0 Å². The Kier molecular flexibility index (Phi) is 3.76. The first-order chi connectivity index (χ1) is 8.44. The maximum Gasteiger partial charge on any atom is 0.242 e. The van der Waals surface area contributed by atoms with Gasteiger partial charge in [0.1, 0.15) is 4.90 Å². The van der Waals surface area contributed by atoms with E-state index in [1.165, 1.54) is 12.3 Å². The van der Waals surface area contributed by atoms with Gasteiger partial charge in [0, 0.05) is 12.7 Å². The molecule has 0 aliphatic heterocycles. The quantitative estimate of drug-likeness (QED) is 0.554. The Morgan fingerprint density at radius 3 is 2.78 bits per heavy atom. The van der Waals surface area contributed by atoms with Gasteiger partial charge in [-0.3, -0.25) is 0 Å². The highest BCUT2D eigenvalue weighted by atomic mass is 35.5. The molecule has 100 valence electrons. The zero-order valence-electron chi connectivity index (χ0n) is 9.85. The number of hydrazine groups is 1. The van der Waals surface area contributed by atoms with Crippen LogP contribution in [0.15, 0.2) is 17.2 Å². The van der Waals surface area contributed by atoms with Crippen molar-refractivity contribution in [3.05, 3.63) is 17.3 Å². The van der Waals surface area contributed by atoms with Gasteiger partial charge in [-0.25, -0.2) is 24.0 Å². The van der Waals surface area contributed by atoms with Gasteiger partial charge in [-0.05, 0) is 24.3 Å². The van der Waals surface area contributed by atoms with E-state index in [4.69, 9.17) is 17.4 Å². The summed E-state index contributed by atoms with van der Waals surface area (Å²) in [5.74, 6) is 6.45. The highest BCUT2D eigenvalue weighted by Gasteiger charge is 2.33. The highest BCUT2D eigenvalue weighted by molar-refractivity contribution is 7.89. The van der Waals surface area contributed by atoms with Crippen LogP contribution in [0.2, 0.25) is 5.02 Å². The number of sulfonamides is 1. The van der Waals surface area contributed by atoms with Gasteiger partial charge in [0.15, 0.2) is 5.82 Å². The molecule has 0 aromatic carbocycles. The van der Waals surface area contributed by atoms with E-state index in [0.717, 1.165) is 6.42 Å². The monoisotopic (exact) mass is 290 g/mol. The molecule has 0 saturated heterocycles. The number of hydrogen-bond acceptors (Lipinski definition) is 5. The molecule has 18 heavy (non-hydrogen) atoms. The van der Waals surface area contributed by atoms with Gasteiger partial charge >= 0.3 is 0 Å². The Balaban J connectivity index is 2.11. The topological polar surface area (TPSA) is 97.1 Å². The molecular formula is C10H15ClN4O2S. The molecule has 1 aliphatic rings. The zero-order valence-corrected chi connectivity index (χ0v) is 11.4. The number of rotatable bonds is 5. The lowest BCUT2D eigenvalue weighted by atomic mass is 10.3. The van der Waals surface area contributed by atoms with Crippen LogP contribution in [-0.4, -0.2) is 19.9 Å². The molecule has 1 aromatic heterocycles. The number of aromatic nitrogens is 1. The molecule has 0 amide bonds. The molecule has 0 bridgehead atoms. The summed E-state index contributed by atoms with van der Waals surface area (Å²) in [4.78, 5) is 3.87. The van der Waals surface area contributed by atoms with E-state index in [9.17, 15) is 8.42 Å². The number of hydrogen-bond donors (Lipinski definition) is 3. The van der Waals surface area contributed by atoms with Crippen LogP contribution in [-0.2, 0) is 10.0 Å². The highest BCUT2D eigenvalue weighted by Crippen LogP contribution is 2.37. The maximum absolute atomic E-state index is 12.0. The van der Waals surface area contributed by atoms with E-state index in [1.54, 1.807) is 0 Å². The molecule has 1 aromatic rings. The number of nitrogens with two attached hydrogens (primary N) is 1. The first-order valence-electron chi connectivity index (χ1n) is 5.56. The fourth-order valence-corrected chi connectivity index (χ4v) is 3.01. The first kappa shape index (κ1) is 13.5. The van der Waals surface area contributed by atoms with Crippen molar-refractivity contribution in [1.29, 1.82) is 0 Å². The Labute approximate surface area is 111 Å². The van der Waals surface area contributed by atoms with Crippen molar-refractivity contribution >= 4 is 27.4 Å². The fraction of sp³-hybridized carbons (Fsp3) is 0.500.